The number of fused-ring (bicyclic) bond motifs is 1. The van der Waals surface area contributed by atoms with Crippen molar-refractivity contribution in [2.75, 3.05) is 19.6 Å². The van der Waals surface area contributed by atoms with Crippen LogP contribution >= 0.6 is 0 Å². The number of nitrogens with one attached hydrogen (secondary N) is 1. The predicted octanol–water partition coefficient (Wildman–Crippen LogP) is 3.40. The average Bonchev–Trinajstić information content (AvgIpc) is 2.91. The summed E-state index contributed by atoms with van der Waals surface area (Å²) in [5.74, 6) is -0.531. The topological polar surface area (TPSA) is 69.7 Å². The number of hydrogen-bond donors (Lipinski definition) is 1. The maximum absolute atomic E-state index is 13.2. The minimum atomic E-state index is -1.17. The van der Waals surface area contributed by atoms with Crippen LogP contribution in [-0.4, -0.2) is 47.3 Å². The molecule has 2 saturated heterocycles. The van der Waals surface area contributed by atoms with Crippen LogP contribution in [-0.2, 0) is 15.1 Å². The molecule has 0 bridgehead atoms. The highest BCUT2D eigenvalue weighted by Crippen LogP contribution is 2.31. The lowest BCUT2D eigenvalue weighted by atomic mass is 9.90. The second kappa shape index (κ2) is 7.85. The van der Waals surface area contributed by atoms with Gasteiger partial charge in [-0.2, -0.15) is 0 Å². The zero-order valence-electron chi connectivity index (χ0n) is 16.8. The van der Waals surface area contributed by atoms with Gasteiger partial charge in [0.2, 0.25) is 5.91 Å². The first-order valence-corrected chi connectivity index (χ1v) is 10.4. The summed E-state index contributed by atoms with van der Waals surface area (Å²) in [4.78, 5) is 41.4. The van der Waals surface area contributed by atoms with Gasteiger partial charge >= 0.3 is 6.03 Å². The molecule has 4 rings (SSSR count). The Bertz CT molecular complexity index is 949. The van der Waals surface area contributed by atoms with E-state index in [1.54, 1.807) is 11.8 Å². The first-order valence-electron chi connectivity index (χ1n) is 10.4. The molecule has 4 amide bonds. The van der Waals surface area contributed by atoms with Gasteiger partial charge in [0.25, 0.3) is 5.91 Å². The first kappa shape index (κ1) is 19.4. The Morgan fingerprint density at radius 3 is 2.34 bits per heavy atom. The largest absolute Gasteiger partial charge is 0.341 e. The lowest BCUT2D eigenvalue weighted by Crippen LogP contribution is -2.45. The summed E-state index contributed by atoms with van der Waals surface area (Å²) in [5.41, 5.74) is -0.451. The Hall–Kier alpha value is -2.89. The maximum atomic E-state index is 13.2. The number of imide groups is 1. The molecule has 1 atom stereocenters. The summed E-state index contributed by atoms with van der Waals surface area (Å²) in [6.45, 7) is 2.90. The fraction of sp³-hybridized carbons (Fsp3) is 0.435. The quantitative estimate of drug-likeness (QED) is 0.813. The van der Waals surface area contributed by atoms with Crippen LogP contribution in [0.1, 0.15) is 44.6 Å². The molecular weight excluding hydrogens is 366 g/mol. The molecule has 2 heterocycles. The molecule has 2 aliphatic rings. The zero-order chi connectivity index (χ0) is 20.4. The monoisotopic (exact) mass is 393 g/mol. The van der Waals surface area contributed by atoms with Crippen molar-refractivity contribution in [1.82, 2.24) is 15.1 Å². The van der Waals surface area contributed by atoms with Gasteiger partial charge in [-0.1, -0.05) is 55.7 Å². The highest BCUT2D eigenvalue weighted by atomic mass is 16.2. The number of benzene rings is 2. The molecule has 152 valence electrons. The number of urea groups is 1. The summed E-state index contributed by atoms with van der Waals surface area (Å²) >= 11 is 0. The van der Waals surface area contributed by atoms with Crippen molar-refractivity contribution < 1.29 is 14.4 Å². The summed E-state index contributed by atoms with van der Waals surface area (Å²) in [7, 11) is 0. The van der Waals surface area contributed by atoms with E-state index in [4.69, 9.17) is 0 Å². The van der Waals surface area contributed by atoms with Crippen molar-refractivity contribution in [3.8, 4) is 0 Å². The number of hydrogen-bond acceptors (Lipinski definition) is 3. The van der Waals surface area contributed by atoms with Crippen molar-refractivity contribution in [2.24, 2.45) is 0 Å². The summed E-state index contributed by atoms with van der Waals surface area (Å²) in [5, 5.41) is 4.88. The molecule has 6 nitrogen and oxygen atoms in total. The van der Waals surface area contributed by atoms with Crippen LogP contribution in [0, 0.1) is 0 Å². The molecule has 29 heavy (non-hydrogen) atoms. The average molecular weight is 393 g/mol. The molecule has 2 aliphatic heterocycles. The third kappa shape index (κ3) is 3.71. The van der Waals surface area contributed by atoms with Gasteiger partial charge in [0.15, 0.2) is 0 Å². The second-order valence-corrected chi connectivity index (χ2v) is 8.16. The molecule has 1 N–H and O–H groups in total. The van der Waals surface area contributed by atoms with Crippen molar-refractivity contribution >= 4 is 28.6 Å². The number of rotatable bonds is 3. The van der Waals surface area contributed by atoms with Crippen LogP contribution in [0.5, 0.6) is 0 Å². The van der Waals surface area contributed by atoms with E-state index < -0.39 is 11.6 Å². The molecule has 0 aromatic heterocycles. The predicted molar refractivity (Wildman–Crippen MR) is 111 cm³/mol. The number of amides is 4. The number of carbonyl (C=O) groups is 3. The minimum absolute atomic E-state index is 0.154. The van der Waals surface area contributed by atoms with Gasteiger partial charge in [-0.3, -0.25) is 14.5 Å². The number of nitrogens with zero attached hydrogens (tertiary/aromatic N) is 2. The van der Waals surface area contributed by atoms with Crippen molar-refractivity contribution in [2.45, 2.75) is 44.6 Å². The number of carbonyl (C=O) groups excluding carboxylic acids is 3. The summed E-state index contributed by atoms with van der Waals surface area (Å²) < 4.78 is 0. The Labute approximate surface area is 170 Å². The van der Waals surface area contributed by atoms with Gasteiger partial charge in [0.1, 0.15) is 12.1 Å². The molecule has 0 saturated carbocycles. The molecule has 2 aromatic rings. The SMILES string of the molecule is C[C@]1(c2ccc3ccccc3c2)NC(=O)N(CC(=O)N2CCCCCCC2)C1=O. The third-order valence-corrected chi connectivity index (χ3v) is 6.10. The van der Waals surface area contributed by atoms with Crippen LogP contribution < -0.4 is 5.32 Å². The minimum Gasteiger partial charge on any atom is -0.341 e. The van der Waals surface area contributed by atoms with Crippen LogP contribution in [0.25, 0.3) is 10.8 Å². The Balaban J connectivity index is 1.53. The molecule has 2 aromatic carbocycles. The fourth-order valence-electron chi connectivity index (χ4n) is 4.27. The zero-order valence-corrected chi connectivity index (χ0v) is 16.8. The van der Waals surface area contributed by atoms with Gasteiger partial charge in [0, 0.05) is 13.1 Å². The van der Waals surface area contributed by atoms with Gasteiger partial charge in [-0.15, -0.1) is 0 Å². The third-order valence-electron chi connectivity index (χ3n) is 6.10. The standard InChI is InChI=1S/C23H27N3O3/c1-23(19-12-11-17-9-5-6-10-18(17)15-19)21(28)26(22(29)24-23)16-20(27)25-13-7-3-2-4-8-14-25/h5-6,9-12,15H,2-4,7-8,13-14,16H2,1H3,(H,24,29)/t23-/m1/s1. The molecule has 0 spiro atoms. The molecule has 2 fully saturated rings. The van der Waals surface area contributed by atoms with Gasteiger partial charge in [0.05, 0.1) is 0 Å². The Kier molecular flexibility index (Phi) is 5.26. The van der Waals surface area contributed by atoms with Crippen molar-refractivity contribution in [3.63, 3.8) is 0 Å². The normalized spacial score (nSPS) is 23.1. The first-order chi connectivity index (χ1) is 14.0. The lowest BCUT2D eigenvalue weighted by Gasteiger charge is -2.27. The van der Waals surface area contributed by atoms with Crippen LogP contribution in [0.2, 0.25) is 0 Å². The summed E-state index contributed by atoms with van der Waals surface area (Å²) in [6, 6.07) is 13.1. The second-order valence-electron chi connectivity index (χ2n) is 8.16. The van der Waals surface area contributed by atoms with E-state index >= 15 is 0 Å². The molecule has 0 radical (unpaired) electrons. The summed E-state index contributed by atoms with van der Waals surface area (Å²) in [6.07, 6.45) is 5.39. The van der Waals surface area contributed by atoms with E-state index in [-0.39, 0.29) is 18.4 Å². The van der Waals surface area contributed by atoms with Gasteiger partial charge in [-0.25, -0.2) is 4.79 Å². The van der Waals surface area contributed by atoms with E-state index in [0.717, 1.165) is 46.9 Å². The maximum Gasteiger partial charge on any atom is 0.325 e. The van der Waals surface area contributed by atoms with Crippen LogP contribution in [0.3, 0.4) is 0 Å². The number of likely N-dealkylation sites (tertiary alicyclic amines) is 1. The lowest BCUT2D eigenvalue weighted by molar-refractivity contribution is -0.139. The Morgan fingerprint density at radius 1 is 0.966 bits per heavy atom. The molecular formula is C23H27N3O3. The Morgan fingerprint density at radius 2 is 1.62 bits per heavy atom. The fourth-order valence-corrected chi connectivity index (χ4v) is 4.27. The van der Waals surface area contributed by atoms with E-state index in [1.165, 1.54) is 6.42 Å². The van der Waals surface area contributed by atoms with E-state index in [0.29, 0.717) is 13.1 Å². The van der Waals surface area contributed by atoms with Crippen LogP contribution in [0.15, 0.2) is 42.5 Å². The molecule has 0 aliphatic carbocycles. The van der Waals surface area contributed by atoms with Gasteiger partial charge in [-0.05, 0) is 42.2 Å². The van der Waals surface area contributed by atoms with E-state index in [1.807, 2.05) is 42.5 Å². The van der Waals surface area contributed by atoms with Crippen molar-refractivity contribution in [1.29, 1.82) is 0 Å². The van der Waals surface area contributed by atoms with E-state index in [9.17, 15) is 14.4 Å². The molecule has 6 heteroatoms. The highest BCUT2D eigenvalue weighted by Gasteiger charge is 2.49. The molecule has 0 unspecified atom stereocenters. The van der Waals surface area contributed by atoms with Gasteiger partial charge < -0.3 is 10.2 Å². The smallest absolute Gasteiger partial charge is 0.325 e. The van der Waals surface area contributed by atoms with E-state index in [2.05, 4.69) is 5.32 Å². The highest BCUT2D eigenvalue weighted by molar-refractivity contribution is 6.09. The van der Waals surface area contributed by atoms with Crippen molar-refractivity contribution in [3.05, 3.63) is 48.0 Å². The van der Waals surface area contributed by atoms with Crippen LogP contribution in [0.4, 0.5) is 4.79 Å².